The Morgan fingerprint density at radius 1 is 1.08 bits per heavy atom. The maximum absolute atomic E-state index is 11.4. The van der Waals surface area contributed by atoms with Crippen molar-refractivity contribution < 1.29 is 9.90 Å². The van der Waals surface area contributed by atoms with E-state index in [1.807, 2.05) is 22.8 Å². The van der Waals surface area contributed by atoms with Gasteiger partial charge in [-0.2, -0.15) is 0 Å². The Labute approximate surface area is 144 Å². The van der Waals surface area contributed by atoms with Crippen LogP contribution in [0.25, 0.3) is 11.3 Å². The van der Waals surface area contributed by atoms with Gasteiger partial charge >= 0.3 is 5.97 Å². The number of carbonyl (C=O) groups is 1. The smallest absolute Gasteiger partial charge is 0.323 e. The van der Waals surface area contributed by atoms with Crippen LogP contribution in [0.2, 0.25) is 0 Å². The molecule has 1 saturated carbocycles. The predicted octanol–water partition coefficient (Wildman–Crippen LogP) is 5.31. The van der Waals surface area contributed by atoms with Crippen molar-refractivity contribution in [1.82, 2.24) is 4.57 Å². The number of aliphatic carboxylic acids is 1. The molecule has 1 aliphatic carbocycles. The van der Waals surface area contributed by atoms with Gasteiger partial charge in [-0.15, -0.1) is 0 Å². The standard InChI is InChI=1S/C21H27NO2/c1-2-6-16-9-11-18(12-10-16)20-14-13-19(22(20)15-21(23)24)17-7-4-3-5-8-17/h3-5,7-8,13-14,16,18H,2,6,9-12,15H2,1H3,(H,23,24). The zero-order valence-electron chi connectivity index (χ0n) is 14.4. The summed E-state index contributed by atoms with van der Waals surface area (Å²) in [5.41, 5.74) is 3.31. The lowest BCUT2D eigenvalue weighted by molar-refractivity contribution is -0.137. The molecule has 1 aromatic carbocycles. The van der Waals surface area contributed by atoms with E-state index in [0.717, 1.165) is 17.2 Å². The minimum Gasteiger partial charge on any atom is -0.480 e. The van der Waals surface area contributed by atoms with Crippen LogP contribution in [0.15, 0.2) is 42.5 Å². The minimum atomic E-state index is -0.774. The van der Waals surface area contributed by atoms with E-state index in [-0.39, 0.29) is 6.54 Å². The fourth-order valence-electron chi connectivity index (χ4n) is 4.17. The van der Waals surface area contributed by atoms with Gasteiger partial charge in [-0.05, 0) is 55.2 Å². The van der Waals surface area contributed by atoms with Crippen molar-refractivity contribution in [2.75, 3.05) is 0 Å². The normalized spacial score (nSPS) is 20.9. The molecule has 1 fully saturated rings. The molecule has 1 N–H and O–H groups in total. The largest absolute Gasteiger partial charge is 0.480 e. The Balaban J connectivity index is 1.86. The molecule has 1 aliphatic rings. The van der Waals surface area contributed by atoms with Gasteiger partial charge in [0, 0.05) is 11.4 Å². The summed E-state index contributed by atoms with van der Waals surface area (Å²) in [4.78, 5) is 11.4. The lowest BCUT2D eigenvalue weighted by Crippen LogP contribution is -2.19. The molecule has 1 heterocycles. The predicted molar refractivity (Wildman–Crippen MR) is 97.1 cm³/mol. The van der Waals surface area contributed by atoms with Crippen LogP contribution in [0, 0.1) is 5.92 Å². The zero-order chi connectivity index (χ0) is 16.9. The monoisotopic (exact) mass is 325 g/mol. The zero-order valence-corrected chi connectivity index (χ0v) is 14.4. The van der Waals surface area contributed by atoms with E-state index in [0.29, 0.717) is 5.92 Å². The number of aromatic nitrogens is 1. The van der Waals surface area contributed by atoms with Crippen molar-refractivity contribution in [3.8, 4) is 11.3 Å². The Morgan fingerprint density at radius 3 is 2.42 bits per heavy atom. The first-order chi connectivity index (χ1) is 11.7. The van der Waals surface area contributed by atoms with Crippen LogP contribution in [-0.4, -0.2) is 15.6 Å². The summed E-state index contributed by atoms with van der Waals surface area (Å²) >= 11 is 0. The average molecular weight is 325 g/mol. The molecule has 3 heteroatoms. The molecule has 0 spiro atoms. The number of hydrogen-bond acceptors (Lipinski definition) is 1. The summed E-state index contributed by atoms with van der Waals surface area (Å²) in [6.07, 6.45) is 7.51. The molecule has 3 rings (SSSR count). The summed E-state index contributed by atoms with van der Waals surface area (Å²) in [6.45, 7) is 2.30. The van der Waals surface area contributed by atoms with Gasteiger partial charge in [0.05, 0.1) is 0 Å². The summed E-state index contributed by atoms with van der Waals surface area (Å²) in [6, 6.07) is 14.3. The van der Waals surface area contributed by atoms with Crippen LogP contribution in [-0.2, 0) is 11.3 Å². The molecule has 0 bridgehead atoms. The Morgan fingerprint density at radius 2 is 1.79 bits per heavy atom. The lowest BCUT2D eigenvalue weighted by atomic mass is 9.79. The van der Waals surface area contributed by atoms with Crippen molar-refractivity contribution in [2.45, 2.75) is 57.9 Å². The number of nitrogens with zero attached hydrogens (tertiary/aromatic N) is 1. The average Bonchev–Trinajstić information content (AvgIpc) is 2.99. The molecule has 0 saturated heterocycles. The lowest BCUT2D eigenvalue weighted by Gasteiger charge is -2.29. The summed E-state index contributed by atoms with van der Waals surface area (Å²) in [5.74, 6) is 0.585. The molecule has 0 radical (unpaired) electrons. The Bertz CT molecular complexity index is 666. The summed E-state index contributed by atoms with van der Waals surface area (Å²) < 4.78 is 2.02. The topological polar surface area (TPSA) is 42.2 Å². The molecule has 0 aliphatic heterocycles. The third kappa shape index (κ3) is 3.72. The maximum atomic E-state index is 11.4. The van der Waals surface area contributed by atoms with Gasteiger partial charge in [-0.25, -0.2) is 0 Å². The molecular weight excluding hydrogens is 298 g/mol. The minimum absolute atomic E-state index is 0.0431. The molecule has 0 unspecified atom stereocenters. The first-order valence-electron chi connectivity index (χ1n) is 9.15. The summed E-state index contributed by atoms with van der Waals surface area (Å²) in [7, 11) is 0. The second-order valence-corrected chi connectivity index (χ2v) is 7.00. The molecule has 128 valence electrons. The molecule has 3 nitrogen and oxygen atoms in total. The van der Waals surface area contributed by atoms with Crippen LogP contribution < -0.4 is 0 Å². The van der Waals surface area contributed by atoms with Crippen LogP contribution in [0.1, 0.15) is 57.1 Å². The van der Waals surface area contributed by atoms with Gasteiger partial charge in [0.15, 0.2) is 0 Å². The van der Waals surface area contributed by atoms with Crippen LogP contribution >= 0.6 is 0 Å². The Kier molecular flexibility index (Phi) is 5.39. The van der Waals surface area contributed by atoms with E-state index in [1.54, 1.807) is 0 Å². The third-order valence-corrected chi connectivity index (χ3v) is 5.34. The van der Waals surface area contributed by atoms with Crippen molar-refractivity contribution >= 4 is 5.97 Å². The van der Waals surface area contributed by atoms with E-state index in [2.05, 4.69) is 31.2 Å². The van der Waals surface area contributed by atoms with Gasteiger partial charge in [-0.1, -0.05) is 50.1 Å². The van der Waals surface area contributed by atoms with Crippen molar-refractivity contribution in [1.29, 1.82) is 0 Å². The second kappa shape index (κ2) is 7.69. The van der Waals surface area contributed by atoms with E-state index in [9.17, 15) is 9.90 Å². The second-order valence-electron chi connectivity index (χ2n) is 7.00. The molecule has 0 amide bonds. The molecule has 1 aromatic heterocycles. The number of rotatable bonds is 6. The highest BCUT2D eigenvalue weighted by molar-refractivity contribution is 5.69. The SMILES string of the molecule is CCCC1CCC(c2ccc(-c3ccccc3)n2CC(=O)O)CC1. The number of carboxylic acid groups (broad SMARTS) is 1. The van der Waals surface area contributed by atoms with E-state index < -0.39 is 5.97 Å². The fourth-order valence-corrected chi connectivity index (χ4v) is 4.17. The Hall–Kier alpha value is -2.03. The molecule has 0 atom stereocenters. The summed E-state index contributed by atoms with van der Waals surface area (Å²) in [5, 5.41) is 9.37. The van der Waals surface area contributed by atoms with Crippen molar-refractivity contribution in [2.24, 2.45) is 5.92 Å². The highest BCUT2D eigenvalue weighted by Crippen LogP contribution is 2.39. The van der Waals surface area contributed by atoms with E-state index in [4.69, 9.17) is 0 Å². The van der Waals surface area contributed by atoms with Gasteiger partial charge in [0.25, 0.3) is 0 Å². The molecule has 24 heavy (non-hydrogen) atoms. The van der Waals surface area contributed by atoms with Crippen molar-refractivity contribution in [3.63, 3.8) is 0 Å². The molecular formula is C21H27NO2. The van der Waals surface area contributed by atoms with Crippen LogP contribution in [0.5, 0.6) is 0 Å². The third-order valence-electron chi connectivity index (χ3n) is 5.34. The fraction of sp³-hybridized carbons (Fsp3) is 0.476. The van der Waals surface area contributed by atoms with Gasteiger partial charge < -0.3 is 9.67 Å². The highest BCUT2D eigenvalue weighted by Gasteiger charge is 2.25. The maximum Gasteiger partial charge on any atom is 0.323 e. The van der Waals surface area contributed by atoms with Gasteiger partial charge in [0.1, 0.15) is 6.54 Å². The quantitative estimate of drug-likeness (QED) is 0.781. The first-order valence-corrected chi connectivity index (χ1v) is 9.15. The van der Waals surface area contributed by atoms with Gasteiger partial charge in [-0.3, -0.25) is 4.79 Å². The number of carboxylic acids is 1. The van der Waals surface area contributed by atoms with E-state index in [1.165, 1.54) is 44.2 Å². The highest BCUT2D eigenvalue weighted by atomic mass is 16.4. The van der Waals surface area contributed by atoms with Crippen molar-refractivity contribution in [3.05, 3.63) is 48.2 Å². The van der Waals surface area contributed by atoms with E-state index >= 15 is 0 Å². The van der Waals surface area contributed by atoms with Crippen LogP contribution in [0.4, 0.5) is 0 Å². The number of benzene rings is 1. The molecule has 2 aromatic rings. The number of hydrogen-bond donors (Lipinski definition) is 1. The first kappa shape index (κ1) is 16.8. The van der Waals surface area contributed by atoms with Crippen LogP contribution in [0.3, 0.4) is 0 Å². The van der Waals surface area contributed by atoms with Gasteiger partial charge in [0.2, 0.25) is 0 Å².